The van der Waals surface area contributed by atoms with Crippen molar-refractivity contribution in [1.29, 1.82) is 0 Å². The van der Waals surface area contributed by atoms with Crippen LogP contribution in [0, 0.1) is 30.6 Å². The molecule has 1 saturated heterocycles. The van der Waals surface area contributed by atoms with Crippen LogP contribution in [-0.4, -0.2) is 25.1 Å². The van der Waals surface area contributed by atoms with E-state index in [1.54, 1.807) is 0 Å². The first-order valence-electron chi connectivity index (χ1n) is 9.85. The minimum Gasteiger partial charge on any atom is -0.373 e. The summed E-state index contributed by atoms with van der Waals surface area (Å²) in [4.78, 5) is 12.7. The van der Waals surface area contributed by atoms with Gasteiger partial charge in [0.25, 0.3) is 0 Å². The number of nitrogens with two attached hydrogens (primary N) is 1. The molecule has 144 valence electrons. The van der Waals surface area contributed by atoms with Crippen LogP contribution in [0.2, 0.25) is 0 Å². The van der Waals surface area contributed by atoms with Crippen molar-refractivity contribution in [3.63, 3.8) is 0 Å². The Morgan fingerprint density at radius 2 is 1.92 bits per heavy atom. The number of rotatable bonds is 4. The smallest absolute Gasteiger partial charge is 0.224 e. The molecule has 4 nitrogen and oxygen atoms in total. The largest absolute Gasteiger partial charge is 0.373 e. The number of carbonyl (C=O) groups is 1. The Balaban J connectivity index is 0.00000196. The van der Waals surface area contributed by atoms with Crippen molar-refractivity contribution in [2.24, 2.45) is 29.4 Å². The summed E-state index contributed by atoms with van der Waals surface area (Å²) in [6, 6.07) is 8.65. The van der Waals surface area contributed by atoms with Crippen LogP contribution in [0.3, 0.4) is 0 Å². The van der Waals surface area contributed by atoms with Gasteiger partial charge in [0.2, 0.25) is 5.91 Å². The highest BCUT2D eigenvalue weighted by Crippen LogP contribution is 2.47. The number of amides is 1. The van der Waals surface area contributed by atoms with Crippen LogP contribution in [0.25, 0.3) is 0 Å². The Hall–Kier alpha value is -1.10. The molecule has 2 bridgehead atoms. The maximum Gasteiger partial charge on any atom is 0.224 e. The van der Waals surface area contributed by atoms with Crippen molar-refractivity contribution in [1.82, 2.24) is 5.32 Å². The van der Waals surface area contributed by atoms with E-state index >= 15 is 0 Å². The molecule has 26 heavy (non-hydrogen) atoms. The first-order chi connectivity index (χ1) is 12.1. The summed E-state index contributed by atoms with van der Waals surface area (Å²) in [7, 11) is 0. The lowest BCUT2D eigenvalue weighted by molar-refractivity contribution is -0.127. The van der Waals surface area contributed by atoms with Crippen molar-refractivity contribution < 1.29 is 9.53 Å². The van der Waals surface area contributed by atoms with Gasteiger partial charge in [0.1, 0.15) is 0 Å². The van der Waals surface area contributed by atoms with E-state index in [2.05, 4.69) is 36.5 Å². The molecule has 3 aliphatic rings. The topological polar surface area (TPSA) is 64.3 Å². The van der Waals surface area contributed by atoms with Crippen molar-refractivity contribution >= 4 is 18.3 Å². The summed E-state index contributed by atoms with van der Waals surface area (Å²) in [5.41, 5.74) is 8.80. The fourth-order valence-electron chi connectivity index (χ4n) is 5.25. The van der Waals surface area contributed by atoms with Gasteiger partial charge >= 0.3 is 0 Å². The Morgan fingerprint density at radius 1 is 1.19 bits per heavy atom. The van der Waals surface area contributed by atoms with Gasteiger partial charge in [0, 0.05) is 25.1 Å². The molecule has 3 N–H and O–H groups in total. The monoisotopic (exact) mass is 378 g/mol. The number of benzene rings is 1. The van der Waals surface area contributed by atoms with Gasteiger partial charge in [-0.3, -0.25) is 4.79 Å². The first-order valence-corrected chi connectivity index (χ1v) is 9.85. The van der Waals surface area contributed by atoms with E-state index in [0.717, 1.165) is 25.9 Å². The van der Waals surface area contributed by atoms with E-state index in [0.29, 0.717) is 24.3 Å². The molecule has 6 atom stereocenters. The molecule has 4 rings (SSSR count). The maximum absolute atomic E-state index is 12.7. The van der Waals surface area contributed by atoms with Crippen LogP contribution in [0.5, 0.6) is 0 Å². The fourth-order valence-corrected chi connectivity index (χ4v) is 5.25. The second-order valence-electron chi connectivity index (χ2n) is 8.29. The second-order valence-corrected chi connectivity index (χ2v) is 8.29. The number of hydrogen-bond donors (Lipinski definition) is 2. The van der Waals surface area contributed by atoms with Crippen LogP contribution in [0.1, 0.15) is 49.3 Å². The molecule has 1 heterocycles. The molecule has 1 amide bonds. The van der Waals surface area contributed by atoms with E-state index in [9.17, 15) is 4.79 Å². The average Bonchev–Trinajstić information content (AvgIpc) is 3.22. The van der Waals surface area contributed by atoms with Crippen molar-refractivity contribution in [3.05, 3.63) is 35.4 Å². The molecule has 0 aromatic heterocycles. The molecule has 3 fully saturated rings. The van der Waals surface area contributed by atoms with Crippen molar-refractivity contribution in [3.8, 4) is 0 Å². The second kappa shape index (κ2) is 8.28. The van der Waals surface area contributed by atoms with E-state index in [-0.39, 0.29) is 36.4 Å². The molecular weight excluding hydrogens is 348 g/mol. The summed E-state index contributed by atoms with van der Waals surface area (Å²) in [5, 5.41) is 3.22. The van der Waals surface area contributed by atoms with Gasteiger partial charge in [0.15, 0.2) is 0 Å². The van der Waals surface area contributed by atoms with Crippen molar-refractivity contribution in [2.75, 3.05) is 13.2 Å². The minimum atomic E-state index is 0. The summed E-state index contributed by atoms with van der Waals surface area (Å²) in [6.07, 6.45) is 5.79. The van der Waals surface area contributed by atoms with Gasteiger partial charge in [-0.1, -0.05) is 29.8 Å². The fraction of sp³-hybridized carbons (Fsp3) is 0.667. The molecule has 1 aromatic rings. The number of hydrogen-bond acceptors (Lipinski definition) is 3. The number of halogens is 1. The van der Waals surface area contributed by atoms with Gasteiger partial charge in [-0.2, -0.15) is 0 Å². The number of fused-ring (bicyclic) bond motifs is 2. The lowest BCUT2D eigenvalue weighted by Gasteiger charge is -2.33. The molecule has 2 aliphatic carbocycles. The molecule has 5 heteroatoms. The van der Waals surface area contributed by atoms with Crippen LogP contribution >= 0.6 is 12.4 Å². The third kappa shape index (κ3) is 3.78. The zero-order valence-electron chi connectivity index (χ0n) is 15.5. The number of carbonyl (C=O) groups excluding carboxylic acids is 1. The number of aryl methyl sites for hydroxylation is 1. The zero-order chi connectivity index (χ0) is 17.4. The van der Waals surface area contributed by atoms with Crippen molar-refractivity contribution in [2.45, 2.75) is 51.2 Å². The SMILES string of the molecule is Cc1ccc(C2OCCCC2CNC(=O)C2C3CCC(C3)C2N)cc1.Cl. The Labute approximate surface area is 162 Å². The quantitative estimate of drug-likeness (QED) is 0.844. The molecule has 1 aromatic carbocycles. The highest BCUT2D eigenvalue weighted by molar-refractivity contribution is 5.85. The maximum atomic E-state index is 12.7. The summed E-state index contributed by atoms with van der Waals surface area (Å²) in [5.74, 6) is 1.62. The lowest BCUT2D eigenvalue weighted by atomic mass is 9.84. The average molecular weight is 379 g/mol. The van der Waals surface area contributed by atoms with E-state index in [4.69, 9.17) is 10.5 Å². The molecule has 2 saturated carbocycles. The van der Waals surface area contributed by atoms with Gasteiger partial charge in [-0.05, 0) is 56.4 Å². The van der Waals surface area contributed by atoms with Gasteiger partial charge in [-0.25, -0.2) is 0 Å². The van der Waals surface area contributed by atoms with Crippen LogP contribution < -0.4 is 11.1 Å². The number of nitrogens with one attached hydrogen (secondary N) is 1. The Kier molecular flexibility index (Phi) is 6.26. The molecule has 1 aliphatic heterocycles. The molecular formula is C21H31ClN2O2. The summed E-state index contributed by atoms with van der Waals surface area (Å²) in [6.45, 7) is 3.60. The van der Waals surface area contributed by atoms with Crippen LogP contribution in [0.4, 0.5) is 0 Å². The van der Waals surface area contributed by atoms with E-state index in [1.807, 2.05) is 0 Å². The summed E-state index contributed by atoms with van der Waals surface area (Å²) >= 11 is 0. The number of ether oxygens (including phenoxy) is 1. The molecule has 0 spiro atoms. The first kappa shape index (κ1) is 19.7. The molecule has 6 unspecified atom stereocenters. The van der Waals surface area contributed by atoms with E-state index in [1.165, 1.54) is 24.0 Å². The summed E-state index contributed by atoms with van der Waals surface area (Å²) < 4.78 is 6.07. The normalized spacial score (nSPS) is 35.8. The third-order valence-electron chi connectivity index (χ3n) is 6.67. The molecule has 0 radical (unpaired) electrons. The zero-order valence-corrected chi connectivity index (χ0v) is 16.3. The predicted molar refractivity (Wildman–Crippen MR) is 105 cm³/mol. The van der Waals surface area contributed by atoms with E-state index < -0.39 is 0 Å². The standard InChI is InChI=1S/C21H30N2O2.ClH/c1-13-4-6-14(7-5-13)20-17(3-2-10-25-20)12-23-21(24)18-15-8-9-16(11-15)19(18)22;/h4-7,15-20H,2-3,8-12,22H2,1H3,(H,23,24);1H. The minimum absolute atomic E-state index is 0. The highest BCUT2D eigenvalue weighted by atomic mass is 35.5. The van der Waals surface area contributed by atoms with Gasteiger partial charge in [-0.15, -0.1) is 12.4 Å². The predicted octanol–water partition coefficient (Wildman–Crippen LogP) is 3.37. The van der Waals surface area contributed by atoms with Gasteiger partial charge < -0.3 is 15.8 Å². The Bertz CT molecular complexity index is 619. The highest BCUT2D eigenvalue weighted by Gasteiger charge is 2.49. The van der Waals surface area contributed by atoms with Crippen LogP contribution in [0.15, 0.2) is 24.3 Å². The Morgan fingerprint density at radius 3 is 2.62 bits per heavy atom. The van der Waals surface area contributed by atoms with Crippen LogP contribution in [-0.2, 0) is 9.53 Å². The third-order valence-corrected chi connectivity index (χ3v) is 6.67. The lowest BCUT2D eigenvalue weighted by Crippen LogP contribution is -2.47. The van der Waals surface area contributed by atoms with Gasteiger partial charge in [0.05, 0.1) is 12.0 Å².